The van der Waals surface area contributed by atoms with Crippen LogP contribution in [0.4, 0.5) is 11.4 Å². The van der Waals surface area contributed by atoms with E-state index < -0.39 is 0 Å². The molecule has 1 aliphatic heterocycles. The van der Waals surface area contributed by atoms with Crippen LogP contribution in [-0.2, 0) is 24.1 Å². The Balaban J connectivity index is 0.00000289. The summed E-state index contributed by atoms with van der Waals surface area (Å²) in [5.41, 5.74) is 12.9. The zero-order valence-corrected chi connectivity index (χ0v) is 20.2. The normalized spacial score (nSPS) is 12.3. The molecule has 5 nitrogen and oxygen atoms in total. The Morgan fingerprint density at radius 3 is 2.51 bits per heavy atom. The lowest BCUT2D eigenvalue weighted by Crippen LogP contribution is -2.21. The molecule has 5 rings (SSSR count). The van der Waals surface area contributed by atoms with Gasteiger partial charge in [0.1, 0.15) is 12.4 Å². The standard InChI is InChI=1S/C29H27N3O2.ClH/c30-13-14-34-27-8-4-7-26(18-27)32-28-16-23(11-12-24(28)17-29(32)33)25-15-22(19-31-20-25)10-9-21-5-2-1-3-6-21;/h1-8,11-12,15-16,18-20H,9-10,13-14,17,30H2;1H. The number of rotatable bonds is 8. The summed E-state index contributed by atoms with van der Waals surface area (Å²) in [7, 11) is 0. The minimum atomic E-state index is 0. The highest BCUT2D eigenvalue weighted by molar-refractivity contribution is 6.08. The van der Waals surface area contributed by atoms with Crippen molar-refractivity contribution in [2.75, 3.05) is 18.1 Å². The predicted octanol–water partition coefficient (Wildman–Crippen LogP) is 5.51. The summed E-state index contributed by atoms with van der Waals surface area (Å²) in [6, 6.07) is 26.5. The number of anilines is 2. The summed E-state index contributed by atoms with van der Waals surface area (Å²) in [5.74, 6) is 0.758. The van der Waals surface area contributed by atoms with E-state index in [0.29, 0.717) is 25.3 Å². The molecule has 35 heavy (non-hydrogen) atoms. The second-order valence-corrected chi connectivity index (χ2v) is 8.45. The van der Waals surface area contributed by atoms with Crippen molar-refractivity contribution >= 4 is 29.7 Å². The lowest BCUT2D eigenvalue weighted by atomic mass is 10.00. The first kappa shape index (κ1) is 24.5. The van der Waals surface area contributed by atoms with E-state index in [2.05, 4.69) is 47.4 Å². The Hall–Kier alpha value is -3.67. The Bertz CT molecular complexity index is 1310. The molecule has 0 saturated carbocycles. The van der Waals surface area contributed by atoms with Crippen molar-refractivity contribution < 1.29 is 9.53 Å². The molecule has 1 amide bonds. The van der Waals surface area contributed by atoms with Crippen molar-refractivity contribution in [2.45, 2.75) is 19.3 Å². The summed E-state index contributed by atoms with van der Waals surface area (Å²) < 4.78 is 5.67. The predicted molar refractivity (Wildman–Crippen MR) is 143 cm³/mol. The lowest BCUT2D eigenvalue weighted by molar-refractivity contribution is -0.116. The van der Waals surface area contributed by atoms with Crippen LogP contribution in [0.5, 0.6) is 5.75 Å². The Labute approximate surface area is 212 Å². The third-order valence-electron chi connectivity index (χ3n) is 6.05. The molecule has 6 heteroatoms. The van der Waals surface area contributed by atoms with Crippen LogP contribution in [0, 0.1) is 0 Å². The average molecular weight is 486 g/mol. The molecule has 0 saturated heterocycles. The van der Waals surface area contributed by atoms with E-state index in [0.717, 1.165) is 40.9 Å². The van der Waals surface area contributed by atoms with Crippen LogP contribution in [0.15, 0.2) is 91.3 Å². The molecule has 2 N–H and O–H groups in total. The highest BCUT2D eigenvalue weighted by Gasteiger charge is 2.29. The zero-order chi connectivity index (χ0) is 23.3. The SMILES string of the molecule is Cl.NCCOc1cccc(N2C(=O)Cc3ccc(-c4cncc(CCc5ccccc5)c4)cc32)c1. The minimum Gasteiger partial charge on any atom is -0.492 e. The van der Waals surface area contributed by atoms with Crippen LogP contribution in [0.2, 0.25) is 0 Å². The topological polar surface area (TPSA) is 68.5 Å². The molecule has 0 atom stereocenters. The number of hydrogen-bond donors (Lipinski definition) is 1. The first-order valence-electron chi connectivity index (χ1n) is 11.6. The van der Waals surface area contributed by atoms with Crippen LogP contribution < -0.4 is 15.4 Å². The van der Waals surface area contributed by atoms with Gasteiger partial charge in [0.2, 0.25) is 5.91 Å². The molecule has 0 bridgehead atoms. The van der Waals surface area contributed by atoms with Gasteiger partial charge in [0, 0.05) is 30.6 Å². The molecule has 178 valence electrons. The van der Waals surface area contributed by atoms with Crippen LogP contribution in [-0.4, -0.2) is 24.0 Å². The number of benzene rings is 3. The third-order valence-corrected chi connectivity index (χ3v) is 6.05. The molecule has 3 aromatic carbocycles. The van der Waals surface area contributed by atoms with Crippen LogP contribution in [0.25, 0.3) is 11.1 Å². The van der Waals surface area contributed by atoms with Gasteiger partial charge >= 0.3 is 0 Å². The zero-order valence-electron chi connectivity index (χ0n) is 19.4. The number of hydrogen-bond acceptors (Lipinski definition) is 4. The van der Waals surface area contributed by atoms with Crippen molar-refractivity contribution in [2.24, 2.45) is 5.73 Å². The molecule has 0 spiro atoms. The molecule has 1 aromatic heterocycles. The number of nitrogens with zero attached hydrogens (tertiary/aromatic N) is 2. The number of ether oxygens (including phenoxy) is 1. The van der Waals surface area contributed by atoms with Gasteiger partial charge < -0.3 is 10.5 Å². The Morgan fingerprint density at radius 1 is 0.857 bits per heavy atom. The highest BCUT2D eigenvalue weighted by atomic mass is 35.5. The number of aromatic nitrogens is 1. The van der Waals surface area contributed by atoms with E-state index in [1.165, 1.54) is 11.1 Å². The molecule has 0 aliphatic carbocycles. The third kappa shape index (κ3) is 5.53. The maximum atomic E-state index is 12.9. The first-order chi connectivity index (χ1) is 16.7. The Morgan fingerprint density at radius 2 is 1.69 bits per heavy atom. The van der Waals surface area contributed by atoms with E-state index in [4.69, 9.17) is 10.5 Å². The molecular formula is C29H28ClN3O2. The molecule has 4 aromatic rings. The number of nitrogens with two attached hydrogens (primary N) is 1. The number of carbonyl (C=O) groups excluding carboxylic acids is 1. The van der Waals surface area contributed by atoms with Crippen LogP contribution in [0.3, 0.4) is 0 Å². The molecule has 0 radical (unpaired) electrons. The van der Waals surface area contributed by atoms with E-state index >= 15 is 0 Å². The molecule has 1 aliphatic rings. The number of carbonyl (C=O) groups is 1. The van der Waals surface area contributed by atoms with Crippen molar-refractivity contribution in [1.29, 1.82) is 0 Å². The van der Waals surface area contributed by atoms with Gasteiger partial charge in [-0.3, -0.25) is 14.7 Å². The van der Waals surface area contributed by atoms with Crippen LogP contribution in [0.1, 0.15) is 16.7 Å². The number of amides is 1. The van der Waals surface area contributed by atoms with Crippen LogP contribution >= 0.6 is 12.4 Å². The Kier molecular flexibility index (Phi) is 7.80. The fraction of sp³-hybridized carbons (Fsp3) is 0.172. The number of fused-ring (bicyclic) bond motifs is 1. The monoisotopic (exact) mass is 485 g/mol. The summed E-state index contributed by atoms with van der Waals surface area (Å²) in [6.45, 7) is 0.878. The van der Waals surface area contributed by atoms with Gasteiger partial charge in [0.15, 0.2) is 0 Å². The van der Waals surface area contributed by atoms with Crippen molar-refractivity contribution in [1.82, 2.24) is 4.98 Å². The number of aryl methyl sites for hydroxylation is 2. The quantitative estimate of drug-likeness (QED) is 0.357. The van der Waals surface area contributed by atoms with Crippen molar-refractivity contribution in [3.8, 4) is 16.9 Å². The van der Waals surface area contributed by atoms with E-state index in [-0.39, 0.29) is 18.3 Å². The van der Waals surface area contributed by atoms with Gasteiger partial charge in [-0.2, -0.15) is 0 Å². The second-order valence-electron chi connectivity index (χ2n) is 8.45. The van der Waals surface area contributed by atoms with Gasteiger partial charge in [-0.05, 0) is 59.4 Å². The fourth-order valence-corrected chi connectivity index (χ4v) is 4.37. The van der Waals surface area contributed by atoms with Crippen molar-refractivity contribution in [3.63, 3.8) is 0 Å². The smallest absolute Gasteiger partial charge is 0.236 e. The van der Waals surface area contributed by atoms with E-state index in [1.807, 2.05) is 48.8 Å². The largest absolute Gasteiger partial charge is 0.492 e. The maximum absolute atomic E-state index is 12.9. The first-order valence-corrected chi connectivity index (χ1v) is 11.6. The summed E-state index contributed by atoms with van der Waals surface area (Å²) >= 11 is 0. The second kappa shape index (κ2) is 11.2. The number of pyridine rings is 1. The van der Waals surface area contributed by atoms with Gasteiger partial charge in [0.25, 0.3) is 0 Å². The molecular weight excluding hydrogens is 458 g/mol. The summed E-state index contributed by atoms with van der Waals surface area (Å²) in [6.07, 6.45) is 6.11. The van der Waals surface area contributed by atoms with E-state index in [1.54, 1.807) is 4.90 Å². The van der Waals surface area contributed by atoms with Gasteiger partial charge in [-0.15, -0.1) is 12.4 Å². The number of halogens is 1. The van der Waals surface area contributed by atoms with E-state index in [9.17, 15) is 4.79 Å². The molecule has 0 fully saturated rings. The van der Waals surface area contributed by atoms with Gasteiger partial charge in [0.05, 0.1) is 17.8 Å². The van der Waals surface area contributed by atoms with Gasteiger partial charge in [-0.25, -0.2) is 0 Å². The molecule has 2 heterocycles. The minimum absolute atomic E-state index is 0. The molecule has 0 unspecified atom stereocenters. The maximum Gasteiger partial charge on any atom is 0.236 e. The lowest BCUT2D eigenvalue weighted by Gasteiger charge is -2.19. The summed E-state index contributed by atoms with van der Waals surface area (Å²) in [5, 5.41) is 0. The highest BCUT2D eigenvalue weighted by Crippen LogP contribution is 2.39. The van der Waals surface area contributed by atoms with Gasteiger partial charge in [-0.1, -0.05) is 48.5 Å². The fourth-order valence-electron chi connectivity index (χ4n) is 4.37. The van der Waals surface area contributed by atoms with Crippen molar-refractivity contribution in [3.05, 3.63) is 108 Å². The summed E-state index contributed by atoms with van der Waals surface area (Å²) in [4.78, 5) is 19.2. The average Bonchev–Trinajstić information content (AvgIpc) is 3.22.